The van der Waals surface area contributed by atoms with Gasteiger partial charge in [0, 0.05) is 27.4 Å². The molecule has 32 heavy (non-hydrogen) atoms. The molecule has 5 nitrogen and oxygen atoms in total. The second-order valence-electron chi connectivity index (χ2n) is 7.39. The smallest absolute Gasteiger partial charge is 0.0816 e. The fraction of sp³-hybridized carbons (Fsp3) is 0.667. The average Bonchev–Trinajstić information content (AvgIpc) is 2.86. The second-order valence-corrected chi connectivity index (χ2v) is 7.39. The van der Waals surface area contributed by atoms with Crippen LogP contribution in [0, 0.1) is 22.7 Å². The molecule has 2 unspecified atom stereocenters. The summed E-state index contributed by atoms with van der Waals surface area (Å²) in [4.78, 5) is 0. The molecule has 0 bridgehead atoms. The number of aliphatic hydroxyl groups excluding tert-OH is 4. The number of aliphatic hydroxyl groups is 4. The van der Waals surface area contributed by atoms with Gasteiger partial charge >= 0.3 is 0 Å². The Kier molecular flexibility index (Phi) is 29.8. The molecular formula is C27H49NO4. The molecule has 0 saturated carbocycles. The first-order valence-electron chi connectivity index (χ1n) is 11.8. The lowest BCUT2D eigenvalue weighted by Crippen LogP contribution is -2.20. The lowest BCUT2D eigenvalue weighted by molar-refractivity contribution is 0.300. The van der Waals surface area contributed by atoms with Gasteiger partial charge in [0.05, 0.1) is 11.5 Å². The van der Waals surface area contributed by atoms with Crippen LogP contribution in [0.1, 0.15) is 78.1 Å². The highest BCUT2D eigenvalue weighted by Crippen LogP contribution is 2.38. The number of rotatable bonds is 17. The number of unbranched alkanes of at least 4 members (excludes halogenated alkanes) is 3. The molecule has 2 atom stereocenters. The van der Waals surface area contributed by atoms with Crippen LogP contribution in [0.3, 0.4) is 0 Å². The molecule has 0 heterocycles. The molecule has 0 saturated heterocycles. The van der Waals surface area contributed by atoms with Gasteiger partial charge in [-0.15, -0.1) is 6.58 Å². The van der Waals surface area contributed by atoms with Crippen molar-refractivity contribution in [3.05, 3.63) is 48.6 Å². The van der Waals surface area contributed by atoms with Gasteiger partial charge in [-0.25, -0.2) is 0 Å². The summed E-state index contributed by atoms with van der Waals surface area (Å²) in [7, 11) is 2.00. The molecule has 0 aliphatic rings. The van der Waals surface area contributed by atoms with Gasteiger partial charge in [-0.1, -0.05) is 69.1 Å². The molecule has 4 N–H and O–H groups in total. The lowest BCUT2D eigenvalue weighted by Gasteiger charge is -2.27. The fourth-order valence-electron chi connectivity index (χ4n) is 3.48. The number of nitriles is 1. The Morgan fingerprint density at radius 3 is 2.12 bits per heavy atom. The first kappa shape index (κ1) is 34.9. The summed E-state index contributed by atoms with van der Waals surface area (Å²) >= 11 is 0. The van der Waals surface area contributed by atoms with Gasteiger partial charge in [0.15, 0.2) is 0 Å². The number of hydrogen-bond acceptors (Lipinski definition) is 5. The van der Waals surface area contributed by atoms with E-state index in [0.29, 0.717) is 18.8 Å². The van der Waals surface area contributed by atoms with Crippen LogP contribution < -0.4 is 0 Å². The maximum Gasteiger partial charge on any atom is 0.0816 e. The first-order chi connectivity index (χ1) is 15.6. The third kappa shape index (κ3) is 16.9. The van der Waals surface area contributed by atoms with Crippen molar-refractivity contribution in [3.8, 4) is 6.07 Å². The van der Waals surface area contributed by atoms with Crippen molar-refractivity contribution in [2.24, 2.45) is 11.3 Å². The number of allylic oxidation sites excluding steroid dienone is 5. The Hall–Kier alpha value is -1.71. The van der Waals surface area contributed by atoms with E-state index in [-0.39, 0.29) is 13.2 Å². The summed E-state index contributed by atoms with van der Waals surface area (Å²) in [5.74, 6) is 0.565. The van der Waals surface area contributed by atoms with Gasteiger partial charge in [0.25, 0.3) is 0 Å². The third-order valence-corrected chi connectivity index (χ3v) is 5.39. The van der Waals surface area contributed by atoms with Crippen molar-refractivity contribution in [1.29, 1.82) is 5.26 Å². The van der Waals surface area contributed by atoms with E-state index < -0.39 is 5.41 Å². The van der Waals surface area contributed by atoms with Gasteiger partial charge in [-0.3, -0.25) is 0 Å². The van der Waals surface area contributed by atoms with E-state index in [9.17, 15) is 10.4 Å². The zero-order valence-electron chi connectivity index (χ0n) is 21.0. The first-order valence-corrected chi connectivity index (χ1v) is 11.8. The van der Waals surface area contributed by atoms with Crippen LogP contribution in [-0.2, 0) is 0 Å². The van der Waals surface area contributed by atoms with E-state index in [1.807, 2.05) is 18.2 Å². The van der Waals surface area contributed by atoms with Crippen molar-refractivity contribution in [1.82, 2.24) is 0 Å². The van der Waals surface area contributed by atoms with E-state index in [4.69, 9.17) is 15.3 Å². The van der Waals surface area contributed by atoms with Crippen molar-refractivity contribution in [2.75, 3.05) is 27.4 Å². The van der Waals surface area contributed by atoms with Gasteiger partial charge in [-0.2, -0.15) is 5.26 Å². The Labute approximate surface area is 197 Å². The third-order valence-electron chi connectivity index (χ3n) is 5.39. The van der Waals surface area contributed by atoms with E-state index in [1.165, 1.54) is 19.3 Å². The highest BCUT2D eigenvalue weighted by Gasteiger charge is 2.30. The minimum Gasteiger partial charge on any atom is -0.400 e. The molecule has 0 radical (unpaired) electrons. The summed E-state index contributed by atoms with van der Waals surface area (Å²) in [6.07, 6.45) is 21.8. The van der Waals surface area contributed by atoms with Crippen LogP contribution in [0.15, 0.2) is 48.6 Å². The maximum absolute atomic E-state index is 9.94. The standard InChI is InChI=1S/C25H41NO2.2CH4O/c1-4-7-15-23(5-2)16-10-8-9-12-19-25(6-3,22-26)24(18-14-21-28)17-11-13-20-27;2*1-2/h4-5,7,11,17-18,23,27-28H,2,6,8-10,12-16,19-21H2,1,3H3;2*2H,1H3/b7-4+,17-11-,24-18+;;. The summed E-state index contributed by atoms with van der Waals surface area (Å²) in [5.41, 5.74) is 0.481. The Morgan fingerprint density at radius 2 is 1.62 bits per heavy atom. The van der Waals surface area contributed by atoms with E-state index >= 15 is 0 Å². The molecule has 0 fully saturated rings. The van der Waals surface area contributed by atoms with Crippen molar-refractivity contribution < 1.29 is 20.4 Å². The Bertz CT molecular complexity index is 534. The minimum absolute atomic E-state index is 0.0836. The summed E-state index contributed by atoms with van der Waals surface area (Å²) in [6, 6.07) is 2.56. The summed E-state index contributed by atoms with van der Waals surface area (Å²) < 4.78 is 0. The lowest BCUT2D eigenvalue weighted by atomic mass is 9.74. The Morgan fingerprint density at radius 1 is 1.00 bits per heavy atom. The average molecular weight is 452 g/mol. The van der Waals surface area contributed by atoms with Crippen LogP contribution in [0.2, 0.25) is 0 Å². The molecule has 5 heteroatoms. The Balaban J connectivity index is -0.00000198. The number of nitrogens with zero attached hydrogens (tertiary/aromatic N) is 1. The predicted molar refractivity (Wildman–Crippen MR) is 136 cm³/mol. The topological polar surface area (TPSA) is 105 Å². The molecule has 0 aromatic rings. The molecular weight excluding hydrogens is 402 g/mol. The molecule has 0 spiro atoms. The van der Waals surface area contributed by atoms with E-state index in [0.717, 1.165) is 51.9 Å². The maximum atomic E-state index is 9.94. The van der Waals surface area contributed by atoms with E-state index in [2.05, 4.69) is 44.7 Å². The highest BCUT2D eigenvalue weighted by atomic mass is 16.3. The SMILES string of the molecule is C=CC(C/C=C/C)CCCCCCC(C#N)(CC)C(/C=C\CCO)=C/CCO.CO.CO. The van der Waals surface area contributed by atoms with Crippen LogP contribution in [-0.4, -0.2) is 47.9 Å². The van der Waals surface area contributed by atoms with Crippen LogP contribution in [0.5, 0.6) is 0 Å². The molecule has 0 amide bonds. The molecule has 0 aliphatic carbocycles. The predicted octanol–water partition coefficient (Wildman–Crippen LogP) is 5.48. The van der Waals surface area contributed by atoms with Crippen molar-refractivity contribution in [3.63, 3.8) is 0 Å². The number of hydrogen-bond donors (Lipinski definition) is 4. The van der Waals surface area contributed by atoms with Gasteiger partial charge in [0.2, 0.25) is 0 Å². The van der Waals surface area contributed by atoms with Gasteiger partial charge in [-0.05, 0) is 56.9 Å². The van der Waals surface area contributed by atoms with Crippen LogP contribution in [0.25, 0.3) is 0 Å². The largest absolute Gasteiger partial charge is 0.400 e. The van der Waals surface area contributed by atoms with Gasteiger partial charge < -0.3 is 20.4 Å². The zero-order chi connectivity index (χ0) is 25.1. The minimum atomic E-state index is -0.503. The molecule has 0 aromatic heterocycles. The van der Waals surface area contributed by atoms with Crippen LogP contribution in [0.4, 0.5) is 0 Å². The fourth-order valence-corrected chi connectivity index (χ4v) is 3.48. The molecule has 0 rings (SSSR count). The van der Waals surface area contributed by atoms with Gasteiger partial charge in [0.1, 0.15) is 0 Å². The van der Waals surface area contributed by atoms with Crippen molar-refractivity contribution >= 4 is 0 Å². The zero-order valence-corrected chi connectivity index (χ0v) is 21.0. The monoisotopic (exact) mass is 451 g/mol. The normalized spacial score (nSPS) is 14.0. The highest BCUT2D eigenvalue weighted by molar-refractivity contribution is 5.33. The van der Waals surface area contributed by atoms with Crippen molar-refractivity contribution in [2.45, 2.75) is 78.1 Å². The van der Waals surface area contributed by atoms with Crippen LogP contribution >= 0.6 is 0 Å². The van der Waals surface area contributed by atoms with E-state index in [1.54, 1.807) is 0 Å². The second kappa shape index (κ2) is 27.3. The quantitative estimate of drug-likeness (QED) is 0.133. The summed E-state index contributed by atoms with van der Waals surface area (Å²) in [6.45, 7) is 8.25. The summed E-state index contributed by atoms with van der Waals surface area (Å²) in [5, 5.41) is 42.1. The molecule has 0 aliphatic heterocycles. The molecule has 0 aromatic carbocycles. The molecule has 186 valence electrons.